The number of hydrogen-bond donors (Lipinski definition) is 0. The third-order valence-corrected chi connectivity index (χ3v) is 2.42. The summed E-state index contributed by atoms with van der Waals surface area (Å²) in [4.78, 5) is 10.6. The molecule has 0 aliphatic carbocycles. The molecule has 0 aliphatic rings. The van der Waals surface area contributed by atoms with Gasteiger partial charge in [-0.15, -0.1) is 0 Å². The van der Waals surface area contributed by atoms with E-state index in [0.717, 1.165) is 11.3 Å². The highest BCUT2D eigenvalue weighted by atomic mass is 16.5. The van der Waals surface area contributed by atoms with Crippen molar-refractivity contribution in [2.24, 2.45) is 0 Å². The summed E-state index contributed by atoms with van der Waals surface area (Å²) in [6.45, 7) is 1.04. The predicted octanol–water partition coefficient (Wildman–Crippen LogP) is 2.78. The quantitative estimate of drug-likeness (QED) is 0.581. The van der Waals surface area contributed by atoms with Crippen molar-refractivity contribution in [3.05, 3.63) is 42.2 Å². The summed E-state index contributed by atoms with van der Waals surface area (Å²) in [5, 5.41) is 0. The van der Waals surface area contributed by atoms with E-state index in [-0.39, 0.29) is 0 Å². The molecule has 0 saturated heterocycles. The van der Waals surface area contributed by atoms with E-state index < -0.39 is 0 Å². The van der Waals surface area contributed by atoms with Crippen LogP contribution in [0.25, 0.3) is 11.3 Å². The summed E-state index contributed by atoms with van der Waals surface area (Å²) in [7, 11) is 1.63. The molecule has 1 aromatic carbocycles. The molecule has 4 heteroatoms. The molecule has 0 fully saturated rings. The Bertz CT molecular complexity index is 516. The van der Waals surface area contributed by atoms with Crippen LogP contribution in [0.2, 0.25) is 0 Å². The van der Waals surface area contributed by atoms with Crippen LogP contribution in [0.15, 0.2) is 40.8 Å². The molecule has 0 saturated carbocycles. The van der Waals surface area contributed by atoms with Crippen LogP contribution in [0.4, 0.5) is 0 Å². The second kappa shape index (κ2) is 6.02. The second-order valence-electron chi connectivity index (χ2n) is 3.69. The number of carbonyl (C=O) groups is 1. The van der Waals surface area contributed by atoms with Gasteiger partial charge in [0.15, 0.2) is 12.0 Å². The van der Waals surface area contributed by atoms with Gasteiger partial charge in [0.05, 0.1) is 6.61 Å². The molecular formula is C14H14O4. The molecule has 4 nitrogen and oxygen atoms in total. The average molecular weight is 246 g/mol. The standard InChI is InChI=1S/C14H14O4/c1-16-7-8-17-12-4-2-3-11(9-12)14-6-5-13(10-15)18-14/h2-6,9-10H,7-8H2,1H3. The summed E-state index contributed by atoms with van der Waals surface area (Å²) in [5.74, 6) is 1.71. The highest BCUT2D eigenvalue weighted by Gasteiger charge is 2.05. The predicted molar refractivity (Wildman–Crippen MR) is 66.9 cm³/mol. The molecule has 0 amide bonds. The minimum Gasteiger partial charge on any atom is -0.491 e. The van der Waals surface area contributed by atoms with Crippen molar-refractivity contribution in [1.82, 2.24) is 0 Å². The summed E-state index contributed by atoms with van der Waals surface area (Å²) >= 11 is 0. The lowest BCUT2D eigenvalue weighted by molar-refractivity contribution is 0.110. The number of rotatable bonds is 6. The lowest BCUT2D eigenvalue weighted by Crippen LogP contribution is -2.03. The van der Waals surface area contributed by atoms with Gasteiger partial charge in [0.2, 0.25) is 0 Å². The van der Waals surface area contributed by atoms with Crippen LogP contribution in [0.5, 0.6) is 5.75 Å². The maximum absolute atomic E-state index is 10.6. The van der Waals surface area contributed by atoms with E-state index in [9.17, 15) is 4.79 Å². The van der Waals surface area contributed by atoms with Gasteiger partial charge in [0, 0.05) is 12.7 Å². The molecule has 0 bridgehead atoms. The monoisotopic (exact) mass is 246 g/mol. The zero-order valence-electron chi connectivity index (χ0n) is 10.1. The van der Waals surface area contributed by atoms with Crippen LogP contribution < -0.4 is 4.74 Å². The number of benzene rings is 1. The van der Waals surface area contributed by atoms with E-state index in [1.54, 1.807) is 19.2 Å². The fraction of sp³-hybridized carbons (Fsp3) is 0.214. The Morgan fingerprint density at radius 2 is 2.11 bits per heavy atom. The molecule has 0 spiro atoms. The van der Waals surface area contributed by atoms with Crippen molar-refractivity contribution in [3.63, 3.8) is 0 Å². The van der Waals surface area contributed by atoms with Gasteiger partial charge in [-0.25, -0.2) is 0 Å². The zero-order chi connectivity index (χ0) is 12.8. The van der Waals surface area contributed by atoms with Gasteiger partial charge in [-0.3, -0.25) is 4.79 Å². The van der Waals surface area contributed by atoms with E-state index in [1.807, 2.05) is 24.3 Å². The first-order valence-corrected chi connectivity index (χ1v) is 5.60. The molecule has 0 atom stereocenters. The SMILES string of the molecule is COCCOc1cccc(-c2ccc(C=O)o2)c1. The van der Waals surface area contributed by atoms with Gasteiger partial charge < -0.3 is 13.9 Å². The number of furan rings is 1. The van der Waals surface area contributed by atoms with E-state index in [2.05, 4.69) is 0 Å². The fourth-order valence-corrected chi connectivity index (χ4v) is 1.55. The number of ether oxygens (including phenoxy) is 2. The number of aldehydes is 1. The molecule has 0 aliphatic heterocycles. The van der Waals surface area contributed by atoms with Crippen LogP contribution >= 0.6 is 0 Å². The molecule has 94 valence electrons. The lowest BCUT2D eigenvalue weighted by Gasteiger charge is -2.06. The van der Waals surface area contributed by atoms with Crippen molar-refractivity contribution in [3.8, 4) is 17.1 Å². The maximum Gasteiger partial charge on any atom is 0.185 e. The first-order chi connectivity index (χ1) is 8.83. The van der Waals surface area contributed by atoms with Gasteiger partial charge in [0.1, 0.15) is 18.1 Å². The van der Waals surface area contributed by atoms with Crippen LogP contribution in [0, 0.1) is 0 Å². The first-order valence-electron chi connectivity index (χ1n) is 5.60. The number of carbonyl (C=O) groups excluding carboxylic acids is 1. The second-order valence-corrected chi connectivity index (χ2v) is 3.69. The molecule has 0 N–H and O–H groups in total. The highest BCUT2D eigenvalue weighted by molar-refractivity contribution is 5.73. The Morgan fingerprint density at radius 3 is 2.83 bits per heavy atom. The van der Waals surface area contributed by atoms with Gasteiger partial charge >= 0.3 is 0 Å². The lowest BCUT2D eigenvalue weighted by atomic mass is 10.1. The van der Waals surface area contributed by atoms with Crippen molar-refractivity contribution in [2.75, 3.05) is 20.3 Å². The van der Waals surface area contributed by atoms with Crippen molar-refractivity contribution in [2.45, 2.75) is 0 Å². The van der Waals surface area contributed by atoms with Crippen molar-refractivity contribution < 1.29 is 18.7 Å². The van der Waals surface area contributed by atoms with Gasteiger partial charge in [-0.05, 0) is 24.3 Å². The minimum atomic E-state index is 0.315. The third kappa shape index (κ3) is 2.99. The summed E-state index contributed by atoms with van der Waals surface area (Å²) in [5.41, 5.74) is 0.873. The van der Waals surface area contributed by atoms with E-state index in [1.165, 1.54) is 0 Å². The van der Waals surface area contributed by atoms with E-state index >= 15 is 0 Å². The Hall–Kier alpha value is -2.07. The van der Waals surface area contributed by atoms with Crippen LogP contribution in [0.3, 0.4) is 0 Å². The van der Waals surface area contributed by atoms with Gasteiger partial charge in [-0.1, -0.05) is 12.1 Å². The molecular weight excluding hydrogens is 232 g/mol. The van der Waals surface area contributed by atoms with Crippen LogP contribution in [0.1, 0.15) is 10.6 Å². The smallest absolute Gasteiger partial charge is 0.185 e. The Labute approximate surface area is 105 Å². The molecule has 1 aromatic heterocycles. The fourth-order valence-electron chi connectivity index (χ4n) is 1.55. The maximum atomic E-state index is 10.6. The Kier molecular flexibility index (Phi) is 4.15. The molecule has 2 aromatic rings. The summed E-state index contributed by atoms with van der Waals surface area (Å²) < 4.78 is 15.8. The van der Waals surface area contributed by atoms with Gasteiger partial charge in [0.25, 0.3) is 0 Å². The average Bonchev–Trinajstić information content (AvgIpc) is 2.88. The minimum absolute atomic E-state index is 0.315. The first kappa shape index (κ1) is 12.4. The van der Waals surface area contributed by atoms with E-state index in [4.69, 9.17) is 13.9 Å². The molecule has 2 rings (SSSR count). The third-order valence-electron chi connectivity index (χ3n) is 2.42. The highest BCUT2D eigenvalue weighted by Crippen LogP contribution is 2.25. The van der Waals surface area contributed by atoms with E-state index in [0.29, 0.717) is 31.0 Å². The topological polar surface area (TPSA) is 48.7 Å². The molecule has 1 heterocycles. The molecule has 18 heavy (non-hydrogen) atoms. The zero-order valence-corrected chi connectivity index (χ0v) is 10.1. The summed E-state index contributed by atoms with van der Waals surface area (Å²) in [6.07, 6.45) is 0.683. The molecule has 0 radical (unpaired) electrons. The Morgan fingerprint density at radius 1 is 1.22 bits per heavy atom. The Balaban J connectivity index is 2.13. The van der Waals surface area contributed by atoms with Crippen LogP contribution in [-0.4, -0.2) is 26.6 Å². The van der Waals surface area contributed by atoms with Crippen molar-refractivity contribution >= 4 is 6.29 Å². The number of hydrogen-bond acceptors (Lipinski definition) is 4. The summed E-state index contributed by atoms with van der Waals surface area (Å²) in [6, 6.07) is 10.9. The van der Waals surface area contributed by atoms with Gasteiger partial charge in [-0.2, -0.15) is 0 Å². The van der Waals surface area contributed by atoms with Crippen molar-refractivity contribution in [1.29, 1.82) is 0 Å². The normalized spacial score (nSPS) is 10.3. The molecule has 0 unspecified atom stereocenters. The largest absolute Gasteiger partial charge is 0.491 e. The van der Waals surface area contributed by atoms with Crippen LogP contribution in [-0.2, 0) is 4.74 Å². The number of methoxy groups -OCH3 is 1.